The summed E-state index contributed by atoms with van der Waals surface area (Å²) in [5.74, 6) is 0.466. The van der Waals surface area contributed by atoms with Crippen LogP contribution in [-0.2, 0) is 15.3 Å². The van der Waals surface area contributed by atoms with Crippen LogP contribution in [0.15, 0.2) is 22.8 Å². The van der Waals surface area contributed by atoms with Gasteiger partial charge in [0.05, 0.1) is 18.6 Å². The summed E-state index contributed by atoms with van der Waals surface area (Å²) in [5.41, 5.74) is 0. The van der Waals surface area contributed by atoms with Gasteiger partial charge in [-0.2, -0.15) is 0 Å². The molecule has 0 saturated carbocycles. The van der Waals surface area contributed by atoms with Crippen LogP contribution in [-0.4, -0.2) is 30.0 Å². The highest BCUT2D eigenvalue weighted by molar-refractivity contribution is 7.99. The van der Waals surface area contributed by atoms with Crippen molar-refractivity contribution in [2.75, 3.05) is 13.7 Å². The molecule has 1 atom stereocenters. The highest BCUT2D eigenvalue weighted by atomic mass is 32.2. The van der Waals surface area contributed by atoms with Crippen LogP contribution in [0, 0.1) is 0 Å². The van der Waals surface area contributed by atoms with E-state index >= 15 is 0 Å². The number of hydrogen-bond donors (Lipinski definition) is 1. The Morgan fingerprint density at radius 1 is 1.79 bits per heavy atom. The molecule has 0 bridgehead atoms. The van der Waals surface area contributed by atoms with Crippen molar-refractivity contribution in [1.29, 1.82) is 0 Å². The van der Waals surface area contributed by atoms with Crippen molar-refractivity contribution >= 4 is 17.7 Å². The number of furan rings is 1. The second-order valence-corrected chi connectivity index (χ2v) is 3.86. The summed E-state index contributed by atoms with van der Waals surface area (Å²) in [6.45, 7) is 0.209. The predicted octanol–water partition coefficient (Wildman–Crippen LogP) is 1.61. The summed E-state index contributed by atoms with van der Waals surface area (Å²) in [7, 11) is 1.49. The third-order valence-corrected chi connectivity index (χ3v) is 2.79. The van der Waals surface area contributed by atoms with E-state index in [4.69, 9.17) is 14.3 Å². The quantitative estimate of drug-likeness (QED) is 0.782. The fourth-order valence-electron chi connectivity index (χ4n) is 0.919. The van der Waals surface area contributed by atoms with E-state index in [1.54, 1.807) is 12.3 Å². The largest absolute Gasteiger partial charge is 0.480 e. The number of thioether (sulfide) groups is 1. The summed E-state index contributed by atoms with van der Waals surface area (Å²) in [4.78, 5) is 10.7. The van der Waals surface area contributed by atoms with Gasteiger partial charge in [0.2, 0.25) is 0 Å². The molecule has 0 aliphatic carbocycles. The highest BCUT2D eigenvalue weighted by Crippen LogP contribution is 2.18. The minimum absolute atomic E-state index is 0.209. The lowest BCUT2D eigenvalue weighted by atomic mass is 10.4. The molecule has 1 rings (SSSR count). The number of carboxylic acid groups (broad SMARTS) is 1. The molecule has 1 aromatic heterocycles. The Kier molecular flexibility index (Phi) is 4.55. The topological polar surface area (TPSA) is 59.7 Å². The first-order chi connectivity index (χ1) is 6.74. The molecule has 0 radical (unpaired) electrons. The average Bonchev–Trinajstić information content (AvgIpc) is 2.64. The van der Waals surface area contributed by atoms with Gasteiger partial charge in [-0.05, 0) is 12.1 Å². The molecule has 1 aromatic rings. The third-order valence-electron chi connectivity index (χ3n) is 1.60. The number of aliphatic carboxylic acids is 1. The first-order valence-electron chi connectivity index (χ1n) is 4.09. The van der Waals surface area contributed by atoms with Crippen molar-refractivity contribution in [1.82, 2.24) is 0 Å². The second kappa shape index (κ2) is 5.72. The molecule has 1 heterocycles. The van der Waals surface area contributed by atoms with E-state index in [1.807, 2.05) is 6.07 Å². The lowest BCUT2D eigenvalue weighted by Gasteiger charge is -2.09. The molecule has 0 aliphatic heterocycles. The molecule has 0 saturated heterocycles. The molecular formula is C9H12O4S. The van der Waals surface area contributed by atoms with Crippen LogP contribution in [0.3, 0.4) is 0 Å². The summed E-state index contributed by atoms with van der Waals surface area (Å²) in [6.07, 6.45) is 1.57. The third kappa shape index (κ3) is 3.43. The van der Waals surface area contributed by atoms with E-state index in [9.17, 15) is 4.79 Å². The monoisotopic (exact) mass is 216 g/mol. The van der Waals surface area contributed by atoms with Crippen LogP contribution < -0.4 is 0 Å². The van der Waals surface area contributed by atoms with E-state index in [1.165, 1.54) is 18.9 Å². The van der Waals surface area contributed by atoms with Gasteiger partial charge in [0.15, 0.2) is 0 Å². The van der Waals surface area contributed by atoms with Gasteiger partial charge < -0.3 is 14.3 Å². The Hall–Kier alpha value is -0.940. The van der Waals surface area contributed by atoms with E-state index in [2.05, 4.69) is 0 Å². The summed E-state index contributed by atoms with van der Waals surface area (Å²) in [5, 5.41) is 8.26. The Bertz CT molecular complexity index is 270. The minimum Gasteiger partial charge on any atom is -0.480 e. The number of rotatable bonds is 6. The van der Waals surface area contributed by atoms with Gasteiger partial charge in [0, 0.05) is 7.11 Å². The molecule has 1 N–H and O–H groups in total. The lowest BCUT2D eigenvalue weighted by molar-refractivity contribution is -0.137. The molecule has 14 heavy (non-hydrogen) atoms. The van der Waals surface area contributed by atoms with Gasteiger partial charge in [-0.15, -0.1) is 11.8 Å². The van der Waals surface area contributed by atoms with E-state index in [-0.39, 0.29) is 6.61 Å². The molecule has 0 aromatic carbocycles. The van der Waals surface area contributed by atoms with Crippen molar-refractivity contribution in [3.05, 3.63) is 24.2 Å². The SMILES string of the molecule is COCC(SCc1ccco1)C(=O)O. The normalized spacial score (nSPS) is 12.6. The van der Waals surface area contributed by atoms with Crippen LogP contribution in [0.2, 0.25) is 0 Å². The Balaban J connectivity index is 2.37. The maximum atomic E-state index is 10.7. The Morgan fingerprint density at radius 3 is 3.07 bits per heavy atom. The van der Waals surface area contributed by atoms with Gasteiger partial charge in [0.1, 0.15) is 11.0 Å². The van der Waals surface area contributed by atoms with Crippen LogP contribution in [0.4, 0.5) is 0 Å². The molecular weight excluding hydrogens is 204 g/mol. The predicted molar refractivity (Wildman–Crippen MR) is 53.3 cm³/mol. The number of carbonyl (C=O) groups is 1. The summed E-state index contributed by atoms with van der Waals surface area (Å²) in [6, 6.07) is 3.60. The smallest absolute Gasteiger partial charge is 0.319 e. The lowest BCUT2D eigenvalue weighted by Crippen LogP contribution is -2.21. The zero-order valence-electron chi connectivity index (χ0n) is 7.80. The van der Waals surface area contributed by atoms with Gasteiger partial charge >= 0.3 is 5.97 Å². The van der Waals surface area contributed by atoms with Crippen molar-refractivity contribution in [3.63, 3.8) is 0 Å². The van der Waals surface area contributed by atoms with Crippen molar-refractivity contribution in [2.45, 2.75) is 11.0 Å². The molecule has 78 valence electrons. The Morgan fingerprint density at radius 2 is 2.57 bits per heavy atom. The fourth-order valence-corrected chi connectivity index (χ4v) is 1.82. The van der Waals surface area contributed by atoms with Crippen LogP contribution in [0.5, 0.6) is 0 Å². The first-order valence-corrected chi connectivity index (χ1v) is 5.14. The first kappa shape index (κ1) is 11.1. The van der Waals surface area contributed by atoms with Crippen molar-refractivity contribution in [2.24, 2.45) is 0 Å². The van der Waals surface area contributed by atoms with Crippen LogP contribution in [0.25, 0.3) is 0 Å². The van der Waals surface area contributed by atoms with Crippen LogP contribution in [0.1, 0.15) is 5.76 Å². The zero-order chi connectivity index (χ0) is 10.4. The number of methoxy groups -OCH3 is 1. The maximum Gasteiger partial charge on any atom is 0.319 e. The van der Waals surface area contributed by atoms with Gasteiger partial charge in [0.25, 0.3) is 0 Å². The molecule has 0 fully saturated rings. The number of ether oxygens (including phenoxy) is 1. The summed E-state index contributed by atoms with van der Waals surface area (Å²) < 4.78 is 9.89. The molecule has 5 heteroatoms. The van der Waals surface area contributed by atoms with E-state index < -0.39 is 11.2 Å². The highest BCUT2D eigenvalue weighted by Gasteiger charge is 2.17. The fraction of sp³-hybridized carbons (Fsp3) is 0.444. The average molecular weight is 216 g/mol. The molecule has 0 spiro atoms. The van der Waals surface area contributed by atoms with Crippen molar-refractivity contribution in [3.8, 4) is 0 Å². The molecule has 0 aliphatic rings. The van der Waals surface area contributed by atoms with Gasteiger partial charge in [-0.25, -0.2) is 0 Å². The van der Waals surface area contributed by atoms with E-state index in [0.29, 0.717) is 5.75 Å². The molecule has 0 amide bonds. The number of hydrogen-bond acceptors (Lipinski definition) is 4. The molecule has 1 unspecified atom stereocenters. The zero-order valence-corrected chi connectivity index (χ0v) is 8.62. The molecule has 4 nitrogen and oxygen atoms in total. The standard InChI is InChI=1S/C9H12O4S/c1-12-5-8(9(10)11)14-6-7-3-2-4-13-7/h2-4,8H,5-6H2,1H3,(H,10,11). The van der Waals surface area contributed by atoms with Gasteiger partial charge in [-0.1, -0.05) is 0 Å². The van der Waals surface area contributed by atoms with Crippen LogP contribution >= 0.6 is 11.8 Å². The van der Waals surface area contributed by atoms with Gasteiger partial charge in [-0.3, -0.25) is 4.79 Å². The Labute approximate surface area is 86.2 Å². The second-order valence-electron chi connectivity index (χ2n) is 2.67. The van der Waals surface area contributed by atoms with E-state index in [0.717, 1.165) is 5.76 Å². The van der Waals surface area contributed by atoms with Crippen molar-refractivity contribution < 1.29 is 19.1 Å². The minimum atomic E-state index is -0.858. The number of carboxylic acids is 1. The summed E-state index contributed by atoms with van der Waals surface area (Å²) >= 11 is 1.29. The maximum absolute atomic E-state index is 10.7.